The van der Waals surface area contributed by atoms with Gasteiger partial charge in [0.25, 0.3) is 0 Å². The van der Waals surface area contributed by atoms with Crippen LogP contribution in [-0.4, -0.2) is 43.8 Å². The molecule has 1 unspecified atom stereocenters. The summed E-state index contributed by atoms with van der Waals surface area (Å²) in [6.45, 7) is 4.14. The molecule has 2 nitrogen and oxygen atoms in total. The summed E-state index contributed by atoms with van der Waals surface area (Å²) in [5.74, 6) is 0.671. The van der Waals surface area contributed by atoms with Crippen molar-refractivity contribution in [3.63, 3.8) is 0 Å². The summed E-state index contributed by atoms with van der Waals surface area (Å²) in [4.78, 5) is 1.47. The Morgan fingerprint density at radius 3 is 2.62 bits per heavy atom. The van der Waals surface area contributed by atoms with Crippen LogP contribution in [0.4, 0.5) is 13.2 Å². The Morgan fingerprint density at radius 1 is 1.38 bits per heavy atom. The number of nitrogens with one attached hydrogen (secondary N) is 1. The fraction of sp³-hybridized carbons (Fsp3) is 1.00. The van der Waals surface area contributed by atoms with Crippen molar-refractivity contribution in [2.75, 3.05) is 32.7 Å². The van der Waals surface area contributed by atoms with Gasteiger partial charge in [-0.1, -0.05) is 6.92 Å². The van der Waals surface area contributed by atoms with E-state index in [-0.39, 0.29) is 0 Å². The largest absolute Gasteiger partial charge is 0.401 e. The fourth-order valence-electron chi connectivity index (χ4n) is 2.17. The molecule has 1 rings (SSSR count). The molecule has 0 aromatic carbocycles. The maximum Gasteiger partial charge on any atom is 0.401 e. The van der Waals surface area contributed by atoms with Crippen molar-refractivity contribution in [3.8, 4) is 0 Å². The first kappa shape index (κ1) is 13.8. The molecule has 96 valence electrons. The molecule has 0 spiro atoms. The highest BCUT2D eigenvalue weighted by Crippen LogP contribution is 2.18. The van der Waals surface area contributed by atoms with Gasteiger partial charge in [0.15, 0.2) is 0 Å². The van der Waals surface area contributed by atoms with Crippen LogP contribution in [-0.2, 0) is 0 Å². The zero-order valence-electron chi connectivity index (χ0n) is 9.82. The molecule has 1 aliphatic rings. The minimum atomic E-state index is -4.06. The quantitative estimate of drug-likeness (QED) is 0.763. The first-order chi connectivity index (χ1) is 7.51. The Bertz CT molecular complexity index is 188. The Hall–Kier alpha value is -0.290. The summed E-state index contributed by atoms with van der Waals surface area (Å²) in [6, 6.07) is 0. The van der Waals surface area contributed by atoms with Gasteiger partial charge in [-0.2, -0.15) is 13.2 Å². The Morgan fingerprint density at radius 2 is 2.12 bits per heavy atom. The minimum absolute atomic E-state index is 0.475. The SMILES string of the molecule is CCN(CCCC1CCNC1)CC(F)(F)F. The van der Waals surface area contributed by atoms with Crippen molar-refractivity contribution in [3.05, 3.63) is 0 Å². The Labute approximate surface area is 95.2 Å². The highest BCUT2D eigenvalue weighted by molar-refractivity contribution is 4.72. The molecule has 0 aromatic heterocycles. The molecule has 1 N–H and O–H groups in total. The molecule has 16 heavy (non-hydrogen) atoms. The van der Waals surface area contributed by atoms with E-state index in [9.17, 15) is 13.2 Å². The van der Waals surface area contributed by atoms with Crippen molar-refractivity contribution >= 4 is 0 Å². The highest BCUT2D eigenvalue weighted by Gasteiger charge is 2.29. The van der Waals surface area contributed by atoms with Gasteiger partial charge in [0.05, 0.1) is 6.54 Å². The molecule has 0 radical (unpaired) electrons. The van der Waals surface area contributed by atoms with Gasteiger partial charge in [-0.15, -0.1) is 0 Å². The molecule has 1 saturated heterocycles. The molecule has 0 aliphatic carbocycles. The average molecular weight is 238 g/mol. The summed E-state index contributed by atoms with van der Waals surface area (Å²) in [6.07, 6.45) is -0.978. The van der Waals surface area contributed by atoms with Crippen LogP contribution in [0.3, 0.4) is 0 Å². The summed E-state index contributed by atoms with van der Waals surface area (Å²) in [5.41, 5.74) is 0. The number of hydrogen-bond acceptors (Lipinski definition) is 2. The van der Waals surface area contributed by atoms with Crippen molar-refractivity contribution in [2.24, 2.45) is 5.92 Å². The lowest BCUT2D eigenvalue weighted by molar-refractivity contribution is -0.145. The zero-order chi connectivity index (χ0) is 12.0. The molecule has 0 aromatic rings. The standard InChI is InChI=1S/C11H21F3N2/c1-2-16(9-11(12,13)14)7-3-4-10-5-6-15-8-10/h10,15H,2-9H2,1H3. The predicted molar refractivity (Wildman–Crippen MR) is 58.4 cm³/mol. The lowest BCUT2D eigenvalue weighted by Gasteiger charge is -2.22. The number of hydrogen-bond donors (Lipinski definition) is 1. The van der Waals surface area contributed by atoms with Crippen LogP contribution in [0, 0.1) is 5.92 Å². The normalized spacial score (nSPS) is 21.9. The highest BCUT2D eigenvalue weighted by atomic mass is 19.4. The van der Waals surface area contributed by atoms with E-state index in [1.807, 2.05) is 0 Å². The van der Waals surface area contributed by atoms with Gasteiger partial charge in [0.2, 0.25) is 0 Å². The van der Waals surface area contributed by atoms with Crippen LogP contribution in [0.15, 0.2) is 0 Å². The molecule has 5 heteroatoms. The van der Waals surface area contributed by atoms with Crippen LogP contribution in [0.1, 0.15) is 26.2 Å². The minimum Gasteiger partial charge on any atom is -0.316 e. The van der Waals surface area contributed by atoms with Crippen molar-refractivity contribution in [1.82, 2.24) is 10.2 Å². The molecular formula is C11H21F3N2. The molecule has 0 bridgehead atoms. The van der Waals surface area contributed by atoms with Crippen LogP contribution in [0.5, 0.6) is 0 Å². The summed E-state index contributed by atoms with van der Waals surface area (Å²) >= 11 is 0. The predicted octanol–water partition coefficient (Wildman–Crippen LogP) is 2.26. The fourth-order valence-corrected chi connectivity index (χ4v) is 2.17. The smallest absolute Gasteiger partial charge is 0.316 e. The second-order valence-corrected chi connectivity index (χ2v) is 4.48. The summed E-state index contributed by atoms with van der Waals surface area (Å²) in [5, 5.41) is 3.27. The van der Waals surface area contributed by atoms with Gasteiger partial charge in [-0.25, -0.2) is 0 Å². The number of alkyl halides is 3. The van der Waals surface area contributed by atoms with Crippen molar-refractivity contribution in [2.45, 2.75) is 32.4 Å². The van der Waals surface area contributed by atoms with Gasteiger partial charge in [0, 0.05) is 0 Å². The van der Waals surface area contributed by atoms with Gasteiger partial charge < -0.3 is 5.32 Å². The van der Waals surface area contributed by atoms with Crippen molar-refractivity contribution in [1.29, 1.82) is 0 Å². The molecule has 1 fully saturated rings. The van der Waals surface area contributed by atoms with E-state index >= 15 is 0 Å². The first-order valence-corrected chi connectivity index (χ1v) is 6.01. The van der Waals surface area contributed by atoms with Crippen LogP contribution >= 0.6 is 0 Å². The monoisotopic (exact) mass is 238 g/mol. The molecule has 1 aliphatic heterocycles. The number of halogens is 3. The molecule has 1 atom stereocenters. The lowest BCUT2D eigenvalue weighted by Crippen LogP contribution is -2.35. The van der Waals surface area contributed by atoms with Crippen LogP contribution < -0.4 is 5.32 Å². The third-order valence-corrected chi connectivity index (χ3v) is 3.10. The molecule has 0 amide bonds. The second-order valence-electron chi connectivity index (χ2n) is 4.48. The van der Waals surface area contributed by atoms with E-state index in [0.29, 0.717) is 19.0 Å². The van der Waals surface area contributed by atoms with E-state index in [4.69, 9.17) is 0 Å². The third kappa shape index (κ3) is 5.70. The maximum atomic E-state index is 12.2. The average Bonchev–Trinajstić information content (AvgIpc) is 2.67. The Kier molecular flexibility index (Phi) is 5.55. The number of rotatable bonds is 6. The summed E-state index contributed by atoms with van der Waals surface area (Å²) < 4.78 is 36.5. The second kappa shape index (κ2) is 6.45. The molecule has 0 saturated carbocycles. The first-order valence-electron chi connectivity index (χ1n) is 6.01. The molecular weight excluding hydrogens is 217 g/mol. The lowest BCUT2D eigenvalue weighted by atomic mass is 10.0. The van der Waals surface area contributed by atoms with E-state index in [2.05, 4.69) is 5.32 Å². The third-order valence-electron chi connectivity index (χ3n) is 3.10. The van der Waals surface area contributed by atoms with Gasteiger partial charge in [-0.3, -0.25) is 4.90 Å². The van der Waals surface area contributed by atoms with E-state index in [1.165, 1.54) is 11.3 Å². The van der Waals surface area contributed by atoms with E-state index in [1.54, 1.807) is 6.92 Å². The maximum absolute atomic E-state index is 12.2. The van der Waals surface area contributed by atoms with Gasteiger partial charge >= 0.3 is 6.18 Å². The van der Waals surface area contributed by atoms with Crippen LogP contribution in [0.25, 0.3) is 0 Å². The van der Waals surface area contributed by atoms with Gasteiger partial charge in [-0.05, 0) is 51.4 Å². The molecule has 1 heterocycles. The van der Waals surface area contributed by atoms with Crippen LogP contribution in [0.2, 0.25) is 0 Å². The topological polar surface area (TPSA) is 15.3 Å². The Balaban J connectivity index is 2.13. The number of nitrogens with zero attached hydrogens (tertiary/aromatic N) is 1. The zero-order valence-corrected chi connectivity index (χ0v) is 9.82. The van der Waals surface area contributed by atoms with E-state index < -0.39 is 12.7 Å². The van der Waals surface area contributed by atoms with E-state index in [0.717, 1.165) is 25.9 Å². The van der Waals surface area contributed by atoms with Crippen molar-refractivity contribution < 1.29 is 13.2 Å². The summed E-state index contributed by atoms with van der Waals surface area (Å²) in [7, 11) is 0. The van der Waals surface area contributed by atoms with Gasteiger partial charge in [0.1, 0.15) is 0 Å².